The monoisotopic (exact) mass is 425 g/mol. The van der Waals surface area contributed by atoms with Gasteiger partial charge in [-0.1, -0.05) is 43.5 Å². The largest absolute Gasteiger partial charge is 0.493 e. The van der Waals surface area contributed by atoms with Gasteiger partial charge in [0.2, 0.25) is 5.91 Å². The fraction of sp³-hybridized carbons (Fsp3) is 0.320. The summed E-state index contributed by atoms with van der Waals surface area (Å²) in [4.78, 5) is 12.3. The maximum absolute atomic E-state index is 12.3. The van der Waals surface area contributed by atoms with Crippen LogP contribution in [-0.2, 0) is 4.79 Å². The van der Waals surface area contributed by atoms with Crippen molar-refractivity contribution in [3.63, 3.8) is 0 Å². The lowest BCUT2D eigenvalue weighted by atomic mass is 9.99. The van der Waals surface area contributed by atoms with Crippen LogP contribution in [0.1, 0.15) is 45.6 Å². The molecule has 158 valence electrons. The number of allylic oxidation sites excluding steroid dienone is 1. The number of benzene rings is 2. The molecule has 0 fully saturated rings. The molecule has 5 heteroatoms. The van der Waals surface area contributed by atoms with E-state index in [-0.39, 0.29) is 5.91 Å². The summed E-state index contributed by atoms with van der Waals surface area (Å²) in [6.07, 6.45) is 6.61. The summed E-state index contributed by atoms with van der Waals surface area (Å²) in [7, 11) is 0. The number of amides is 1. The number of fused-ring (bicyclic) bond motifs is 1. The van der Waals surface area contributed by atoms with Crippen molar-refractivity contribution in [3.8, 4) is 16.9 Å². The minimum atomic E-state index is -0.0868. The molecule has 0 saturated heterocycles. The van der Waals surface area contributed by atoms with E-state index in [9.17, 15) is 4.79 Å². The maximum atomic E-state index is 12.3. The first-order valence-corrected chi connectivity index (χ1v) is 10.8. The Morgan fingerprint density at radius 3 is 2.63 bits per heavy atom. The van der Waals surface area contributed by atoms with Gasteiger partial charge in [-0.15, -0.1) is 0 Å². The van der Waals surface area contributed by atoms with Crippen molar-refractivity contribution in [1.29, 1.82) is 0 Å². The molecule has 0 aliphatic heterocycles. The van der Waals surface area contributed by atoms with E-state index in [0.717, 1.165) is 52.5 Å². The molecule has 0 atom stereocenters. The van der Waals surface area contributed by atoms with Crippen LogP contribution in [0.2, 0.25) is 5.02 Å². The van der Waals surface area contributed by atoms with Crippen molar-refractivity contribution in [2.24, 2.45) is 0 Å². The topological polar surface area (TPSA) is 51.5 Å². The average Bonchev–Trinajstić information content (AvgIpc) is 3.14. The fourth-order valence-electron chi connectivity index (χ4n) is 3.40. The lowest BCUT2D eigenvalue weighted by Gasteiger charge is -2.12. The number of carbonyl (C=O) groups is 1. The second-order valence-corrected chi connectivity index (χ2v) is 7.70. The molecule has 0 unspecified atom stereocenters. The SMILES string of the molecule is CCCCCNC(=O)/C=C(\C)c1cc2c(-c3ccc(Cl)cc3)coc2cc1OCC. The van der Waals surface area contributed by atoms with Crippen molar-refractivity contribution in [2.45, 2.75) is 40.0 Å². The zero-order chi connectivity index (χ0) is 21.5. The third kappa shape index (κ3) is 5.25. The molecule has 0 aliphatic carbocycles. The molecule has 1 amide bonds. The third-order valence-electron chi connectivity index (χ3n) is 4.98. The van der Waals surface area contributed by atoms with Gasteiger partial charge in [0.1, 0.15) is 11.3 Å². The average molecular weight is 426 g/mol. The van der Waals surface area contributed by atoms with Crippen LogP contribution in [0, 0.1) is 0 Å². The number of rotatable bonds is 9. The molecule has 0 saturated carbocycles. The van der Waals surface area contributed by atoms with Crippen molar-refractivity contribution in [3.05, 3.63) is 59.3 Å². The molecule has 0 bridgehead atoms. The van der Waals surface area contributed by atoms with Gasteiger partial charge in [-0.2, -0.15) is 0 Å². The van der Waals surface area contributed by atoms with Gasteiger partial charge in [0, 0.05) is 40.2 Å². The number of unbranched alkanes of at least 4 members (excludes halogenated alkanes) is 2. The maximum Gasteiger partial charge on any atom is 0.244 e. The highest BCUT2D eigenvalue weighted by Gasteiger charge is 2.15. The third-order valence-corrected chi connectivity index (χ3v) is 5.23. The number of nitrogens with one attached hydrogen (secondary N) is 1. The van der Waals surface area contributed by atoms with E-state index < -0.39 is 0 Å². The zero-order valence-corrected chi connectivity index (χ0v) is 18.5. The molecule has 1 aromatic heterocycles. The van der Waals surface area contributed by atoms with Crippen LogP contribution in [0.15, 0.2) is 53.2 Å². The summed E-state index contributed by atoms with van der Waals surface area (Å²) < 4.78 is 11.6. The second kappa shape index (κ2) is 10.4. The van der Waals surface area contributed by atoms with E-state index in [2.05, 4.69) is 12.2 Å². The van der Waals surface area contributed by atoms with E-state index in [0.29, 0.717) is 23.9 Å². The Morgan fingerprint density at radius 2 is 1.93 bits per heavy atom. The number of carbonyl (C=O) groups excluding carboxylic acids is 1. The summed E-state index contributed by atoms with van der Waals surface area (Å²) >= 11 is 6.03. The molecular formula is C25H28ClNO3. The normalized spacial score (nSPS) is 11.7. The van der Waals surface area contributed by atoms with Gasteiger partial charge in [0.25, 0.3) is 0 Å². The number of ether oxygens (including phenoxy) is 1. The summed E-state index contributed by atoms with van der Waals surface area (Å²) in [6.45, 7) is 7.23. The highest BCUT2D eigenvalue weighted by atomic mass is 35.5. The Morgan fingerprint density at radius 1 is 1.17 bits per heavy atom. The summed E-state index contributed by atoms with van der Waals surface area (Å²) in [6, 6.07) is 11.6. The first kappa shape index (κ1) is 22.0. The van der Waals surface area contributed by atoms with E-state index in [1.54, 1.807) is 12.3 Å². The van der Waals surface area contributed by atoms with Crippen molar-refractivity contribution >= 4 is 34.1 Å². The van der Waals surface area contributed by atoms with Crippen LogP contribution in [0.3, 0.4) is 0 Å². The summed E-state index contributed by atoms with van der Waals surface area (Å²) in [5.74, 6) is 0.616. The molecule has 30 heavy (non-hydrogen) atoms. The Bertz CT molecular complexity index is 1030. The van der Waals surface area contributed by atoms with Gasteiger partial charge < -0.3 is 14.5 Å². The van der Waals surface area contributed by atoms with Gasteiger partial charge in [-0.05, 0) is 49.6 Å². The minimum Gasteiger partial charge on any atom is -0.493 e. The smallest absolute Gasteiger partial charge is 0.244 e. The summed E-state index contributed by atoms with van der Waals surface area (Å²) in [5, 5.41) is 4.61. The number of halogens is 1. The van der Waals surface area contributed by atoms with Crippen LogP contribution in [0.4, 0.5) is 0 Å². The second-order valence-electron chi connectivity index (χ2n) is 7.26. The predicted octanol–water partition coefficient (Wildman–Crippen LogP) is 6.86. The van der Waals surface area contributed by atoms with Gasteiger partial charge in [0.15, 0.2) is 0 Å². The Balaban J connectivity index is 1.96. The molecule has 0 radical (unpaired) electrons. The van der Waals surface area contributed by atoms with Gasteiger partial charge >= 0.3 is 0 Å². The van der Waals surface area contributed by atoms with Gasteiger partial charge in [-0.3, -0.25) is 4.79 Å². The number of hydrogen-bond donors (Lipinski definition) is 1. The van der Waals surface area contributed by atoms with E-state index >= 15 is 0 Å². The van der Waals surface area contributed by atoms with Crippen molar-refractivity contribution < 1.29 is 13.9 Å². The molecule has 0 spiro atoms. The van der Waals surface area contributed by atoms with E-state index in [1.807, 2.05) is 50.2 Å². The number of furan rings is 1. The molecule has 1 N–H and O–H groups in total. The molecular weight excluding hydrogens is 398 g/mol. The van der Waals surface area contributed by atoms with Gasteiger partial charge in [-0.25, -0.2) is 0 Å². The highest BCUT2D eigenvalue weighted by Crippen LogP contribution is 2.37. The van der Waals surface area contributed by atoms with Gasteiger partial charge in [0.05, 0.1) is 12.9 Å². The molecule has 2 aromatic carbocycles. The quantitative estimate of drug-likeness (QED) is 0.301. The Kier molecular flexibility index (Phi) is 7.58. The number of hydrogen-bond acceptors (Lipinski definition) is 3. The van der Waals surface area contributed by atoms with Crippen molar-refractivity contribution in [2.75, 3.05) is 13.2 Å². The van der Waals surface area contributed by atoms with Crippen LogP contribution in [0.5, 0.6) is 5.75 Å². The van der Waals surface area contributed by atoms with Crippen LogP contribution in [-0.4, -0.2) is 19.1 Å². The first-order chi connectivity index (χ1) is 14.5. The van der Waals surface area contributed by atoms with Crippen LogP contribution >= 0.6 is 11.6 Å². The molecule has 1 heterocycles. The molecule has 4 nitrogen and oxygen atoms in total. The summed E-state index contributed by atoms with van der Waals surface area (Å²) in [5.41, 5.74) is 4.46. The lowest BCUT2D eigenvalue weighted by molar-refractivity contribution is -0.116. The Hall–Kier alpha value is -2.72. The lowest BCUT2D eigenvalue weighted by Crippen LogP contribution is -2.22. The Labute approximate surface area is 182 Å². The first-order valence-electron chi connectivity index (χ1n) is 10.4. The van der Waals surface area contributed by atoms with Crippen LogP contribution < -0.4 is 10.1 Å². The van der Waals surface area contributed by atoms with E-state index in [4.69, 9.17) is 20.8 Å². The fourth-order valence-corrected chi connectivity index (χ4v) is 3.53. The standard InChI is InChI=1S/C25H28ClNO3/c1-4-6-7-12-27-25(28)13-17(3)20-14-21-22(18-8-10-19(26)11-9-18)16-30-24(21)15-23(20)29-5-2/h8-11,13-16H,4-7,12H2,1-3H3,(H,27,28)/b17-13+. The van der Waals surface area contributed by atoms with Crippen molar-refractivity contribution in [1.82, 2.24) is 5.32 Å². The molecule has 3 rings (SSSR count). The minimum absolute atomic E-state index is 0.0868. The van der Waals surface area contributed by atoms with E-state index in [1.165, 1.54) is 0 Å². The highest BCUT2D eigenvalue weighted by molar-refractivity contribution is 6.30. The van der Waals surface area contributed by atoms with Crippen LogP contribution in [0.25, 0.3) is 27.7 Å². The molecule has 0 aliphatic rings. The molecule has 3 aromatic rings. The zero-order valence-electron chi connectivity index (χ0n) is 17.8. The predicted molar refractivity (Wildman–Crippen MR) is 124 cm³/mol.